The second kappa shape index (κ2) is 9.47. The van der Waals surface area contributed by atoms with E-state index in [2.05, 4.69) is 10.3 Å². The Kier molecular flexibility index (Phi) is 6.41. The lowest BCUT2D eigenvalue weighted by Crippen LogP contribution is -2.40. The van der Waals surface area contributed by atoms with Gasteiger partial charge in [-0.15, -0.1) is 11.3 Å². The number of anilines is 1. The van der Waals surface area contributed by atoms with Crippen molar-refractivity contribution in [2.24, 2.45) is 0 Å². The van der Waals surface area contributed by atoms with Crippen molar-refractivity contribution < 1.29 is 22.4 Å². The standard InChI is InChI=1S/C23H20ClN3O5S2/c24-17-3-6-21-19(12-17)16(13-32-21)11-22(28)26-23-25-20(14-33-23)15-1-4-18(5-2-15)34(29,30)27-7-9-31-10-8-27/h1-6,12-14H,7-11H2,(H,25,26,28). The summed E-state index contributed by atoms with van der Waals surface area (Å²) in [7, 11) is -3.55. The zero-order chi connectivity index (χ0) is 23.7. The smallest absolute Gasteiger partial charge is 0.243 e. The largest absolute Gasteiger partial charge is 0.464 e. The van der Waals surface area contributed by atoms with Gasteiger partial charge in [0.2, 0.25) is 15.9 Å². The minimum absolute atomic E-state index is 0.121. The van der Waals surface area contributed by atoms with Gasteiger partial charge in [-0.2, -0.15) is 4.31 Å². The number of fused-ring (bicyclic) bond motifs is 1. The summed E-state index contributed by atoms with van der Waals surface area (Å²) in [6.45, 7) is 1.49. The third kappa shape index (κ3) is 4.73. The molecule has 1 fully saturated rings. The van der Waals surface area contributed by atoms with Crippen LogP contribution in [0.1, 0.15) is 5.56 Å². The second-order valence-electron chi connectivity index (χ2n) is 7.71. The Labute approximate surface area is 205 Å². The van der Waals surface area contributed by atoms with E-state index in [1.165, 1.54) is 15.6 Å². The summed E-state index contributed by atoms with van der Waals surface area (Å²) < 4.78 is 37.7. The average molecular weight is 518 g/mol. The number of carbonyl (C=O) groups is 1. The topological polar surface area (TPSA) is 102 Å². The summed E-state index contributed by atoms with van der Waals surface area (Å²) in [5, 5.41) is 6.45. The van der Waals surface area contributed by atoms with Crippen LogP contribution >= 0.6 is 22.9 Å². The maximum absolute atomic E-state index is 12.8. The lowest BCUT2D eigenvalue weighted by Gasteiger charge is -2.26. The van der Waals surface area contributed by atoms with Crippen LogP contribution in [0.3, 0.4) is 0 Å². The van der Waals surface area contributed by atoms with Crippen LogP contribution in [0.2, 0.25) is 5.02 Å². The van der Waals surface area contributed by atoms with Crippen molar-refractivity contribution in [1.82, 2.24) is 9.29 Å². The highest BCUT2D eigenvalue weighted by molar-refractivity contribution is 7.89. The molecule has 0 spiro atoms. The molecule has 1 aliphatic rings. The number of furan rings is 1. The summed E-state index contributed by atoms with van der Waals surface area (Å²) in [5.74, 6) is -0.226. The van der Waals surface area contributed by atoms with Crippen LogP contribution in [0.25, 0.3) is 22.2 Å². The molecule has 0 saturated carbocycles. The molecule has 176 valence electrons. The first-order valence-corrected chi connectivity index (χ1v) is 13.2. The molecule has 2 aromatic heterocycles. The molecule has 1 N–H and O–H groups in total. The Balaban J connectivity index is 1.26. The summed E-state index contributed by atoms with van der Waals surface area (Å²) in [6, 6.07) is 11.9. The molecule has 5 rings (SSSR count). The highest BCUT2D eigenvalue weighted by atomic mass is 35.5. The number of thiazole rings is 1. The van der Waals surface area contributed by atoms with Gasteiger partial charge in [-0.3, -0.25) is 4.79 Å². The van der Waals surface area contributed by atoms with Gasteiger partial charge in [0, 0.05) is 40.0 Å². The molecule has 1 saturated heterocycles. The van der Waals surface area contributed by atoms with E-state index in [9.17, 15) is 13.2 Å². The van der Waals surface area contributed by atoms with E-state index in [-0.39, 0.29) is 17.2 Å². The fourth-order valence-corrected chi connectivity index (χ4v) is 6.04. The molecule has 1 amide bonds. The number of rotatable bonds is 6. The van der Waals surface area contributed by atoms with E-state index in [0.717, 1.165) is 16.5 Å². The predicted molar refractivity (Wildman–Crippen MR) is 131 cm³/mol. The first-order valence-electron chi connectivity index (χ1n) is 10.5. The Morgan fingerprint density at radius 3 is 2.68 bits per heavy atom. The van der Waals surface area contributed by atoms with Gasteiger partial charge in [0.05, 0.1) is 36.5 Å². The van der Waals surface area contributed by atoms with Gasteiger partial charge in [0.15, 0.2) is 5.13 Å². The van der Waals surface area contributed by atoms with Crippen LogP contribution in [0.5, 0.6) is 0 Å². The summed E-state index contributed by atoms with van der Waals surface area (Å²) in [4.78, 5) is 17.3. The van der Waals surface area contributed by atoms with Crippen molar-refractivity contribution in [3.8, 4) is 11.3 Å². The number of benzene rings is 2. The molecule has 11 heteroatoms. The Hall–Kier alpha value is -2.76. The van der Waals surface area contributed by atoms with Crippen molar-refractivity contribution in [2.75, 3.05) is 31.6 Å². The van der Waals surface area contributed by atoms with Crippen molar-refractivity contribution in [3.63, 3.8) is 0 Å². The number of morpholine rings is 1. The lowest BCUT2D eigenvalue weighted by molar-refractivity contribution is -0.115. The molecule has 4 aromatic rings. The molecule has 3 heterocycles. The Morgan fingerprint density at radius 1 is 1.15 bits per heavy atom. The van der Waals surface area contributed by atoms with Crippen molar-refractivity contribution in [1.29, 1.82) is 0 Å². The predicted octanol–water partition coefficient (Wildman–Crippen LogP) is 4.41. The van der Waals surface area contributed by atoms with Crippen LogP contribution in [0, 0.1) is 0 Å². The molecule has 0 unspecified atom stereocenters. The van der Waals surface area contributed by atoms with Crippen LogP contribution in [-0.4, -0.2) is 49.9 Å². The molecule has 1 aliphatic heterocycles. The van der Waals surface area contributed by atoms with Crippen molar-refractivity contribution in [2.45, 2.75) is 11.3 Å². The first-order chi connectivity index (χ1) is 16.4. The molecule has 2 aromatic carbocycles. The molecule has 0 atom stereocenters. The molecule has 8 nitrogen and oxygen atoms in total. The summed E-state index contributed by atoms with van der Waals surface area (Å²) in [6.07, 6.45) is 1.68. The molecule has 34 heavy (non-hydrogen) atoms. The molecule has 0 aliphatic carbocycles. The Bertz CT molecular complexity index is 1440. The zero-order valence-electron chi connectivity index (χ0n) is 17.9. The van der Waals surface area contributed by atoms with Gasteiger partial charge >= 0.3 is 0 Å². The quantitative estimate of drug-likeness (QED) is 0.406. The minimum atomic E-state index is -3.55. The molecule has 0 bridgehead atoms. The van der Waals surface area contributed by atoms with E-state index in [4.69, 9.17) is 20.8 Å². The number of carbonyl (C=O) groups excluding carboxylic acids is 1. The van der Waals surface area contributed by atoms with E-state index in [0.29, 0.717) is 47.7 Å². The van der Waals surface area contributed by atoms with E-state index < -0.39 is 10.0 Å². The highest BCUT2D eigenvalue weighted by Gasteiger charge is 2.26. The maximum Gasteiger partial charge on any atom is 0.243 e. The van der Waals surface area contributed by atoms with Gasteiger partial charge in [0.25, 0.3) is 0 Å². The molecular weight excluding hydrogens is 498 g/mol. The minimum Gasteiger partial charge on any atom is -0.464 e. The third-order valence-corrected chi connectivity index (χ3v) is 8.38. The number of halogens is 1. The monoisotopic (exact) mass is 517 g/mol. The molecule has 0 radical (unpaired) electrons. The van der Waals surface area contributed by atoms with E-state index in [1.807, 2.05) is 5.38 Å². The zero-order valence-corrected chi connectivity index (χ0v) is 20.3. The number of sulfonamides is 1. The SMILES string of the molecule is O=C(Cc1coc2ccc(Cl)cc12)Nc1nc(-c2ccc(S(=O)(=O)N3CCOCC3)cc2)cs1. The molecular formula is C23H20ClN3O5S2. The van der Waals surface area contributed by atoms with E-state index >= 15 is 0 Å². The number of hydrogen-bond acceptors (Lipinski definition) is 7. The van der Waals surface area contributed by atoms with Gasteiger partial charge < -0.3 is 14.5 Å². The average Bonchev–Trinajstić information content (AvgIpc) is 3.47. The fourth-order valence-electron chi connectivity index (χ4n) is 3.72. The van der Waals surface area contributed by atoms with Gasteiger partial charge in [-0.25, -0.2) is 13.4 Å². The van der Waals surface area contributed by atoms with Gasteiger partial charge in [-0.1, -0.05) is 23.7 Å². The van der Waals surface area contributed by atoms with Crippen LogP contribution in [0.15, 0.2) is 63.4 Å². The summed E-state index contributed by atoms with van der Waals surface area (Å²) in [5.41, 5.74) is 2.82. The highest BCUT2D eigenvalue weighted by Crippen LogP contribution is 2.28. The fraction of sp³-hybridized carbons (Fsp3) is 0.217. The van der Waals surface area contributed by atoms with Gasteiger partial charge in [-0.05, 0) is 30.3 Å². The number of aromatic nitrogens is 1. The normalized spacial score (nSPS) is 15.0. The maximum atomic E-state index is 12.8. The van der Waals surface area contributed by atoms with Crippen LogP contribution in [0.4, 0.5) is 5.13 Å². The third-order valence-electron chi connectivity index (χ3n) is 5.48. The lowest BCUT2D eigenvalue weighted by atomic mass is 10.1. The number of ether oxygens (including phenoxy) is 1. The van der Waals surface area contributed by atoms with E-state index in [1.54, 1.807) is 48.7 Å². The number of nitrogens with one attached hydrogen (secondary N) is 1. The van der Waals surface area contributed by atoms with Crippen molar-refractivity contribution in [3.05, 3.63) is 64.7 Å². The van der Waals surface area contributed by atoms with Crippen LogP contribution < -0.4 is 5.32 Å². The number of amides is 1. The second-order valence-corrected chi connectivity index (χ2v) is 10.9. The van der Waals surface area contributed by atoms with Gasteiger partial charge in [0.1, 0.15) is 5.58 Å². The summed E-state index contributed by atoms with van der Waals surface area (Å²) >= 11 is 7.35. The number of hydrogen-bond donors (Lipinski definition) is 1. The first kappa shape index (κ1) is 23.0. The Morgan fingerprint density at radius 2 is 1.91 bits per heavy atom. The number of nitrogens with zero attached hydrogens (tertiary/aromatic N) is 2. The van der Waals surface area contributed by atoms with Crippen molar-refractivity contribution >= 4 is 55.0 Å². The van der Waals surface area contributed by atoms with Crippen LogP contribution in [-0.2, 0) is 26.0 Å².